The number of methoxy groups -OCH3 is 1. The second kappa shape index (κ2) is 7.92. The highest BCUT2D eigenvalue weighted by Crippen LogP contribution is 2.37. The topological polar surface area (TPSA) is 81.2 Å². The molecule has 6 nitrogen and oxygen atoms in total. The summed E-state index contributed by atoms with van der Waals surface area (Å²) in [6.07, 6.45) is 4.49. The van der Waals surface area contributed by atoms with E-state index in [9.17, 15) is 9.59 Å². The Hall–Kier alpha value is -1.67. The number of aromatic nitrogens is 2. The van der Waals surface area contributed by atoms with E-state index in [2.05, 4.69) is 15.3 Å². The molecule has 2 aromatic heterocycles. The third-order valence-electron chi connectivity index (χ3n) is 4.60. The van der Waals surface area contributed by atoms with E-state index in [0.717, 1.165) is 33.6 Å². The fourth-order valence-electron chi connectivity index (χ4n) is 3.19. The maximum Gasteiger partial charge on any atom is 0.348 e. The van der Waals surface area contributed by atoms with E-state index in [0.29, 0.717) is 16.7 Å². The highest BCUT2D eigenvalue weighted by molar-refractivity contribution is 8.00. The van der Waals surface area contributed by atoms with Crippen molar-refractivity contribution in [3.8, 4) is 0 Å². The molecule has 140 valence electrons. The molecule has 1 atom stereocenters. The minimum absolute atomic E-state index is 0.0346. The van der Waals surface area contributed by atoms with Gasteiger partial charge in [-0.2, -0.15) is 0 Å². The fourth-order valence-corrected chi connectivity index (χ4v) is 5.46. The summed E-state index contributed by atoms with van der Waals surface area (Å²) in [7, 11) is 1.37. The van der Waals surface area contributed by atoms with Crippen LogP contribution in [0.2, 0.25) is 0 Å². The van der Waals surface area contributed by atoms with Crippen molar-refractivity contribution in [2.75, 3.05) is 7.11 Å². The maximum atomic E-state index is 12.5. The number of amides is 1. The van der Waals surface area contributed by atoms with Gasteiger partial charge in [-0.05, 0) is 39.2 Å². The van der Waals surface area contributed by atoms with Crippen molar-refractivity contribution >= 4 is 45.2 Å². The first-order valence-electron chi connectivity index (χ1n) is 8.73. The zero-order valence-electron chi connectivity index (χ0n) is 15.4. The molecule has 1 saturated carbocycles. The standard InChI is InChI=1S/C18H23N3O3S2/c1-9-13-16(25-10(2)15(22)21-12-7-5-6-8-12)19-11(3)20-17(13)26-14(9)18(23)24-4/h10,12H,5-8H2,1-4H3,(H,21,22). The second-order valence-corrected chi connectivity index (χ2v) is 8.88. The summed E-state index contributed by atoms with van der Waals surface area (Å²) in [5.41, 5.74) is 0.808. The van der Waals surface area contributed by atoms with Gasteiger partial charge in [-0.15, -0.1) is 11.3 Å². The Labute approximate surface area is 161 Å². The number of carbonyl (C=O) groups excluding carboxylic acids is 2. The van der Waals surface area contributed by atoms with Gasteiger partial charge in [0.2, 0.25) is 5.91 Å². The van der Waals surface area contributed by atoms with E-state index in [1.165, 1.54) is 43.1 Å². The molecule has 0 bridgehead atoms. The van der Waals surface area contributed by atoms with Crippen LogP contribution in [0.3, 0.4) is 0 Å². The Kier molecular flexibility index (Phi) is 5.82. The fraction of sp³-hybridized carbons (Fsp3) is 0.556. The molecule has 1 fully saturated rings. The first kappa shape index (κ1) is 19.1. The van der Waals surface area contributed by atoms with Crippen LogP contribution in [0, 0.1) is 13.8 Å². The molecular formula is C18H23N3O3S2. The number of nitrogens with zero attached hydrogens (tertiary/aromatic N) is 2. The van der Waals surface area contributed by atoms with E-state index in [-0.39, 0.29) is 17.1 Å². The van der Waals surface area contributed by atoms with Crippen molar-refractivity contribution in [3.05, 3.63) is 16.3 Å². The number of esters is 1. The summed E-state index contributed by atoms with van der Waals surface area (Å²) in [5, 5.41) is 4.45. The Bertz CT molecular complexity index is 844. The summed E-state index contributed by atoms with van der Waals surface area (Å²) in [5.74, 6) is 0.291. The lowest BCUT2D eigenvalue weighted by Crippen LogP contribution is -2.37. The highest BCUT2D eigenvalue weighted by Gasteiger charge is 2.25. The predicted octanol–water partition coefficient (Wildman–Crippen LogP) is 3.63. The summed E-state index contributed by atoms with van der Waals surface area (Å²) >= 11 is 2.72. The van der Waals surface area contributed by atoms with E-state index in [1.807, 2.05) is 20.8 Å². The zero-order chi connectivity index (χ0) is 18.8. The molecule has 0 aromatic carbocycles. The van der Waals surface area contributed by atoms with Gasteiger partial charge in [-0.1, -0.05) is 24.6 Å². The molecule has 2 heterocycles. The number of hydrogen-bond acceptors (Lipinski definition) is 7. The number of aryl methyl sites for hydroxylation is 2. The van der Waals surface area contributed by atoms with Gasteiger partial charge in [0.25, 0.3) is 0 Å². The van der Waals surface area contributed by atoms with Gasteiger partial charge >= 0.3 is 5.97 Å². The first-order valence-corrected chi connectivity index (χ1v) is 10.4. The highest BCUT2D eigenvalue weighted by atomic mass is 32.2. The van der Waals surface area contributed by atoms with Crippen LogP contribution in [-0.4, -0.2) is 40.2 Å². The number of rotatable bonds is 5. The van der Waals surface area contributed by atoms with Gasteiger partial charge in [-0.3, -0.25) is 4.79 Å². The molecule has 0 spiro atoms. The summed E-state index contributed by atoms with van der Waals surface area (Å²) in [4.78, 5) is 34.8. The van der Waals surface area contributed by atoms with Crippen molar-refractivity contribution in [1.29, 1.82) is 0 Å². The zero-order valence-corrected chi connectivity index (χ0v) is 17.1. The molecule has 26 heavy (non-hydrogen) atoms. The van der Waals surface area contributed by atoms with Crippen molar-refractivity contribution in [1.82, 2.24) is 15.3 Å². The molecule has 0 aliphatic heterocycles. The molecule has 8 heteroatoms. The number of fused-ring (bicyclic) bond motifs is 1. The molecule has 1 amide bonds. The lowest BCUT2D eigenvalue weighted by molar-refractivity contribution is -0.120. The molecule has 1 unspecified atom stereocenters. The Balaban J connectivity index is 1.87. The number of thioether (sulfide) groups is 1. The van der Waals surface area contributed by atoms with Crippen molar-refractivity contribution in [3.63, 3.8) is 0 Å². The quantitative estimate of drug-likeness (QED) is 0.475. The number of carbonyl (C=O) groups is 2. The van der Waals surface area contributed by atoms with Gasteiger partial charge in [0, 0.05) is 11.4 Å². The van der Waals surface area contributed by atoms with E-state index < -0.39 is 0 Å². The van der Waals surface area contributed by atoms with Gasteiger partial charge < -0.3 is 10.1 Å². The number of thiophene rings is 1. The molecule has 2 aromatic rings. The predicted molar refractivity (Wildman–Crippen MR) is 104 cm³/mol. The SMILES string of the molecule is COC(=O)c1sc2nc(C)nc(SC(C)C(=O)NC3CCCC3)c2c1C. The van der Waals surface area contributed by atoms with Crippen molar-refractivity contribution in [2.45, 2.75) is 62.8 Å². The van der Waals surface area contributed by atoms with E-state index in [1.54, 1.807) is 0 Å². The molecular weight excluding hydrogens is 370 g/mol. The molecule has 0 saturated heterocycles. The monoisotopic (exact) mass is 393 g/mol. The lowest BCUT2D eigenvalue weighted by Gasteiger charge is -2.16. The first-order chi connectivity index (χ1) is 12.4. The van der Waals surface area contributed by atoms with Crippen LogP contribution in [0.25, 0.3) is 10.2 Å². The molecule has 1 aliphatic rings. The van der Waals surface area contributed by atoms with Crippen LogP contribution in [0.4, 0.5) is 0 Å². The third-order valence-corrected chi connectivity index (χ3v) is 6.85. The van der Waals surface area contributed by atoms with Crippen LogP contribution in [0.5, 0.6) is 0 Å². The maximum absolute atomic E-state index is 12.5. The van der Waals surface area contributed by atoms with E-state index >= 15 is 0 Å². The number of nitrogens with one attached hydrogen (secondary N) is 1. The average Bonchev–Trinajstić information content (AvgIpc) is 3.22. The minimum atomic E-state index is -0.369. The normalized spacial score (nSPS) is 16.0. The van der Waals surface area contributed by atoms with Crippen LogP contribution in [-0.2, 0) is 9.53 Å². The third kappa shape index (κ3) is 3.86. The Morgan fingerprint density at radius 3 is 2.62 bits per heavy atom. The van der Waals surface area contributed by atoms with Gasteiger partial charge in [-0.25, -0.2) is 14.8 Å². The number of hydrogen-bond donors (Lipinski definition) is 1. The largest absolute Gasteiger partial charge is 0.465 e. The molecule has 1 aliphatic carbocycles. The summed E-state index contributed by atoms with van der Waals surface area (Å²) in [6.45, 7) is 5.58. The van der Waals surface area contributed by atoms with Crippen molar-refractivity contribution < 1.29 is 14.3 Å². The van der Waals surface area contributed by atoms with Gasteiger partial charge in [0.1, 0.15) is 20.6 Å². The Morgan fingerprint density at radius 2 is 1.96 bits per heavy atom. The van der Waals surface area contributed by atoms with Gasteiger partial charge in [0.15, 0.2) is 0 Å². The molecule has 0 radical (unpaired) electrons. The van der Waals surface area contributed by atoms with Crippen LogP contribution in [0.15, 0.2) is 5.03 Å². The summed E-state index contributed by atoms with van der Waals surface area (Å²) in [6, 6.07) is 0.298. The van der Waals surface area contributed by atoms with Crippen LogP contribution in [0.1, 0.15) is 53.7 Å². The van der Waals surface area contributed by atoms with Crippen molar-refractivity contribution in [2.24, 2.45) is 0 Å². The minimum Gasteiger partial charge on any atom is -0.465 e. The van der Waals surface area contributed by atoms with Gasteiger partial charge in [0.05, 0.1) is 12.4 Å². The van der Waals surface area contributed by atoms with E-state index in [4.69, 9.17) is 4.74 Å². The van der Waals surface area contributed by atoms with Crippen LogP contribution >= 0.6 is 23.1 Å². The van der Waals surface area contributed by atoms with Crippen LogP contribution < -0.4 is 5.32 Å². The number of ether oxygens (including phenoxy) is 1. The molecule has 3 rings (SSSR count). The average molecular weight is 394 g/mol. The smallest absolute Gasteiger partial charge is 0.348 e. The summed E-state index contributed by atoms with van der Waals surface area (Å²) < 4.78 is 4.86. The Morgan fingerprint density at radius 1 is 1.27 bits per heavy atom. The molecule has 1 N–H and O–H groups in total. The lowest BCUT2D eigenvalue weighted by atomic mass is 10.2. The second-order valence-electron chi connectivity index (χ2n) is 6.55.